The fraction of sp³-hybridized carbons (Fsp3) is 0.111. The second-order valence-electron chi connectivity index (χ2n) is 1.98. The van der Waals surface area contributed by atoms with Gasteiger partial charge in [0.2, 0.25) is 0 Å². The number of nitrogens with one attached hydrogen (secondary N) is 1. The largest absolute Gasteiger partial charge is 0.382 e. The fourth-order valence-electron chi connectivity index (χ4n) is 0.733. The molecule has 0 fully saturated rings. The van der Waals surface area contributed by atoms with Gasteiger partial charge in [-0.2, -0.15) is 0 Å². The third-order valence-corrected chi connectivity index (χ3v) is 1.20. The number of benzene rings is 1. The maximum atomic E-state index is 5.19. The van der Waals surface area contributed by atoms with Crippen molar-refractivity contribution in [2.75, 3.05) is 11.9 Å². The van der Waals surface area contributed by atoms with E-state index in [1.807, 2.05) is 30.3 Å². The molecular weight excluding hydrogens is 122 g/mol. The van der Waals surface area contributed by atoms with Crippen LogP contribution in [0.3, 0.4) is 0 Å². The van der Waals surface area contributed by atoms with E-state index in [-0.39, 0.29) is 0 Å². The Balaban J connectivity index is 2.50. The van der Waals surface area contributed by atoms with Crippen LogP contribution in [-0.4, -0.2) is 6.54 Å². The first-order valence-corrected chi connectivity index (χ1v) is 3.26. The van der Waals surface area contributed by atoms with Gasteiger partial charge in [-0.25, -0.2) is 0 Å². The minimum Gasteiger partial charge on any atom is -0.382 e. The molecular formula is C9H10N. The topological polar surface area (TPSA) is 12.0 Å². The van der Waals surface area contributed by atoms with Gasteiger partial charge in [0.25, 0.3) is 0 Å². The molecule has 1 N–H and O–H groups in total. The first-order valence-electron chi connectivity index (χ1n) is 3.26. The van der Waals surface area contributed by atoms with Crippen molar-refractivity contribution in [3.63, 3.8) is 0 Å². The van der Waals surface area contributed by atoms with Gasteiger partial charge in [0.15, 0.2) is 0 Å². The van der Waals surface area contributed by atoms with E-state index in [0.29, 0.717) is 6.54 Å². The number of hydrogen-bond donors (Lipinski definition) is 1. The molecule has 0 saturated heterocycles. The van der Waals surface area contributed by atoms with Crippen molar-refractivity contribution in [3.8, 4) is 0 Å². The third-order valence-electron chi connectivity index (χ3n) is 1.20. The Morgan fingerprint density at radius 1 is 1.30 bits per heavy atom. The molecule has 0 aliphatic rings. The minimum absolute atomic E-state index is 0.712. The maximum absolute atomic E-state index is 5.19. The Hall–Kier alpha value is -1.24. The lowest BCUT2D eigenvalue weighted by molar-refractivity contribution is 1.34. The van der Waals surface area contributed by atoms with Gasteiger partial charge in [0, 0.05) is 12.2 Å². The lowest BCUT2D eigenvalue weighted by Crippen LogP contribution is -1.96. The Kier molecular flexibility index (Phi) is 2.56. The molecule has 51 valence electrons. The van der Waals surface area contributed by atoms with Gasteiger partial charge in [-0.3, -0.25) is 0 Å². The summed E-state index contributed by atoms with van der Waals surface area (Å²) in [6, 6.07) is 9.96. The molecule has 1 radical (unpaired) electrons. The normalized spacial score (nSPS) is 8.80. The maximum Gasteiger partial charge on any atom is 0.0342 e. The molecule has 1 nitrogen and oxygen atoms in total. The zero-order valence-electron chi connectivity index (χ0n) is 5.75. The monoisotopic (exact) mass is 132 g/mol. The second kappa shape index (κ2) is 3.72. The van der Waals surface area contributed by atoms with Gasteiger partial charge < -0.3 is 5.32 Å². The van der Waals surface area contributed by atoms with E-state index < -0.39 is 0 Å². The molecule has 0 spiro atoms. The van der Waals surface area contributed by atoms with Gasteiger partial charge in [-0.1, -0.05) is 30.9 Å². The van der Waals surface area contributed by atoms with Gasteiger partial charge >= 0.3 is 0 Å². The summed E-state index contributed by atoms with van der Waals surface area (Å²) < 4.78 is 0. The van der Waals surface area contributed by atoms with Crippen LogP contribution < -0.4 is 5.32 Å². The molecule has 1 heteroatoms. The van der Waals surface area contributed by atoms with Crippen LogP contribution in [0, 0.1) is 6.58 Å². The molecule has 0 aliphatic heterocycles. The average molecular weight is 132 g/mol. The highest BCUT2D eigenvalue weighted by Gasteiger charge is 1.82. The van der Waals surface area contributed by atoms with Gasteiger partial charge in [0.05, 0.1) is 0 Å². The molecule has 1 aromatic rings. The molecule has 0 amide bonds. The van der Waals surface area contributed by atoms with Crippen LogP contribution >= 0.6 is 0 Å². The molecule has 0 saturated carbocycles. The van der Waals surface area contributed by atoms with Crippen molar-refractivity contribution in [2.24, 2.45) is 0 Å². The lowest BCUT2D eigenvalue weighted by Gasteiger charge is -1.99. The van der Waals surface area contributed by atoms with E-state index in [4.69, 9.17) is 6.58 Å². The summed E-state index contributed by atoms with van der Waals surface area (Å²) in [5, 5.41) is 3.11. The summed E-state index contributed by atoms with van der Waals surface area (Å²) >= 11 is 0. The molecule has 0 unspecified atom stereocenters. The summed E-state index contributed by atoms with van der Waals surface area (Å²) in [5.74, 6) is 0. The Morgan fingerprint density at radius 3 is 2.60 bits per heavy atom. The van der Waals surface area contributed by atoms with Crippen LogP contribution in [-0.2, 0) is 0 Å². The summed E-state index contributed by atoms with van der Waals surface area (Å²) in [6.45, 7) is 5.90. The third kappa shape index (κ3) is 1.94. The van der Waals surface area contributed by atoms with Crippen molar-refractivity contribution < 1.29 is 0 Å². The van der Waals surface area contributed by atoms with Crippen LogP contribution in [0.4, 0.5) is 5.69 Å². The van der Waals surface area contributed by atoms with Crippen LogP contribution in [0.1, 0.15) is 0 Å². The first-order chi connectivity index (χ1) is 4.93. The Labute approximate surface area is 61.4 Å². The zero-order chi connectivity index (χ0) is 7.23. The van der Waals surface area contributed by atoms with Gasteiger partial charge in [-0.15, -0.1) is 0 Å². The van der Waals surface area contributed by atoms with Crippen molar-refractivity contribution >= 4 is 5.69 Å². The van der Waals surface area contributed by atoms with Gasteiger partial charge in [-0.05, 0) is 12.1 Å². The lowest BCUT2D eigenvalue weighted by atomic mass is 10.3. The molecule has 0 bridgehead atoms. The van der Waals surface area contributed by atoms with Crippen LogP contribution in [0.15, 0.2) is 36.4 Å². The zero-order valence-corrected chi connectivity index (χ0v) is 5.75. The number of rotatable bonds is 3. The van der Waals surface area contributed by atoms with E-state index >= 15 is 0 Å². The SMILES string of the molecule is [CH]=CCNc1ccccc1. The quantitative estimate of drug-likeness (QED) is 0.664. The van der Waals surface area contributed by atoms with Crippen molar-refractivity contribution in [3.05, 3.63) is 43.0 Å². The summed E-state index contributed by atoms with van der Waals surface area (Å²) in [7, 11) is 0. The van der Waals surface area contributed by atoms with E-state index in [9.17, 15) is 0 Å². The number of hydrogen-bond acceptors (Lipinski definition) is 1. The molecule has 0 aromatic heterocycles. The highest BCUT2D eigenvalue weighted by atomic mass is 14.8. The van der Waals surface area contributed by atoms with Crippen molar-refractivity contribution in [1.82, 2.24) is 0 Å². The molecule has 10 heavy (non-hydrogen) atoms. The van der Waals surface area contributed by atoms with Crippen molar-refractivity contribution in [2.45, 2.75) is 0 Å². The smallest absolute Gasteiger partial charge is 0.0342 e. The summed E-state index contributed by atoms with van der Waals surface area (Å²) in [5.41, 5.74) is 1.10. The predicted octanol–water partition coefficient (Wildman–Crippen LogP) is 2.09. The molecule has 0 aliphatic carbocycles. The second-order valence-corrected chi connectivity index (χ2v) is 1.98. The van der Waals surface area contributed by atoms with Crippen LogP contribution in [0.2, 0.25) is 0 Å². The van der Waals surface area contributed by atoms with Crippen LogP contribution in [0.5, 0.6) is 0 Å². The van der Waals surface area contributed by atoms with Gasteiger partial charge in [0.1, 0.15) is 0 Å². The average Bonchev–Trinajstić information content (AvgIpc) is 2.03. The van der Waals surface area contributed by atoms with E-state index in [2.05, 4.69) is 5.32 Å². The Morgan fingerprint density at radius 2 is 2.00 bits per heavy atom. The van der Waals surface area contributed by atoms with Crippen LogP contribution in [0.25, 0.3) is 0 Å². The Bertz CT molecular complexity index is 191. The highest BCUT2D eigenvalue weighted by Crippen LogP contribution is 2.03. The minimum atomic E-state index is 0.712. The highest BCUT2D eigenvalue weighted by molar-refractivity contribution is 5.42. The fourth-order valence-corrected chi connectivity index (χ4v) is 0.733. The first kappa shape index (κ1) is 6.87. The van der Waals surface area contributed by atoms with E-state index in [0.717, 1.165) is 5.69 Å². The molecule has 1 aromatic carbocycles. The predicted molar refractivity (Wildman–Crippen MR) is 43.8 cm³/mol. The standard InChI is InChI=1S/C9H10N/c1-2-8-10-9-6-4-3-5-7-9/h1-7,10H,8H2. The number of para-hydroxylation sites is 1. The molecule has 1 rings (SSSR count). The van der Waals surface area contributed by atoms with E-state index in [1.165, 1.54) is 0 Å². The van der Waals surface area contributed by atoms with E-state index in [1.54, 1.807) is 6.08 Å². The molecule has 0 heterocycles. The summed E-state index contributed by atoms with van der Waals surface area (Å²) in [6.07, 6.45) is 1.59. The number of anilines is 1. The molecule has 0 atom stereocenters. The summed E-state index contributed by atoms with van der Waals surface area (Å²) in [4.78, 5) is 0. The van der Waals surface area contributed by atoms with Crippen molar-refractivity contribution in [1.29, 1.82) is 0 Å².